The van der Waals surface area contributed by atoms with Crippen LogP contribution in [0.5, 0.6) is 5.75 Å². The summed E-state index contributed by atoms with van der Waals surface area (Å²) in [4.78, 5) is 12.1. The zero-order chi connectivity index (χ0) is 17.8. The van der Waals surface area contributed by atoms with Crippen molar-refractivity contribution in [1.82, 2.24) is 5.32 Å². The molecular formula is C21H26N2O2. The van der Waals surface area contributed by atoms with E-state index < -0.39 is 0 Å². The minimum Gasteiger partial charge on any atom is -0.490 e. The number of amides is 1. The van der Waals surface area contributed by atoms with Crippen molar-refractivity contribution in [2.45, 2.75) is 46.3 Å². The molecule has 1 aliphatic heterocycles. The van der Waals surface area contributed by atoms with Gasteiger partial charge in [-0.05, 0) is 55.2 Å². The summed E-state index contributed by atoms with van der Waals surface area (Å²) in [5, 5.41) is 6.34. The molecule has 4 heteroatoms. The van der Waals surface area contributed by atoms with Crippen molar-refractivity contribution in [3.05, 3.63) is 58.7 Å². The van der Waals surface area contributed by atoms with Crippen molar-refractivity contribution in [1.29, 1.82) is 0 Å². The minimum atomic E-state index is 0.0392. The molecule has 4 nitrogen and oxygen atoms in total. The van der Waals surface area contributed by atoms with Crippen LogP contribution < -0.4 is 15.4 Å². The van der Waals surface area contributed by atoms with Gasteiger partial charge in [0.15, 0.2) is 0 Å². The van der Waals surface area contributed by atoms with Crippen molar-refractivity contribution < 1.29 is 9.53 Å². The van der Waals surface area contributed by atoms with Gasteiger partial charge in [-0.15, -0.1) is 0 Å². The van der Waals surface area contributed by atoms with E-state index >= 15 is 0 Å². The second-order valence-corrected chi connectivity index (χ2v) is 6.87. The van der Waals surface area contributed by atoms with Crippen LogP contribution in [0, 0.1) is 13.8 Å². The molecule has 0 aliphatic carbocycles. The summed E-state index contributed by atoms with van der Waals surface area (Å²) in [6, 6.07) is 12.4. The number of aryl methyl sites for hydroxylation is 2. The smallest absolute Gasteiger partial charge is 0.225 e. The topological polar surface area (TPSA) is 50.4 Å². The highest BCUT2D eigenvalue weighted by Gasteiger charge is 2.18. The van der Waals surface area contributed by atoms with E-state index in [-0.39, 0.29) is 12.0 Å². The summed E-state index contributed by atoms with van der Waals surface area (Å²) in [5.41, 5.74) is 5.64. The Hall–Kier alpha value is -2.33. The molecule has 0 radical (unpaired) electrons. The van der Waals surface area contributed by atoms with Crippen molar-refractivity contribution in [2.75, 3.05) is 11.9 Å². The van der Waals surface area contributed by atoms with E-state index in [9.17, 15) is 4.79 Å². The first-order chi connectivity index (χ1) is 12.0. The molecule has 0 saturated heterocycles. The van der Waals surface area contributed by atoms with E-state index in [0.29, 0.717) is 13.0 Å². The number of carbonyl (C=O) groups excluding carboxylic acids is 1. The van der Waals surface area contributed by atoms with Gasteiger partial charge in [0.2, 0.25) is 5.91 Å². The average molecular weight is 338 g/mol. The lowest BCUT2D eigenvalue weighted by Crippen LogP contribution is -2.21. The Balaban J connectivity index is 1.43. The van der Waals surface area contributed by atoms with Gasteiger partial charge in [0.25, 0.3) is 0 Å². The SMILES string of the molecule is Cc1ccc(C)c(NC(=O)CCNCc2ccc3c(c2)C[C@H](C)O3)c1. The summed E-state index contributed by atoms with van der Waals surface area (Å²) in [6.07, 6.45) is 1.70. The molecule has 2 N–H and O–H groups in total. The number of benzene rings is 2. The molecule has 2 aromatic carbocycles. The van der Waals surface area contributed by atoms with Gasteiger partial charge in [-0.1, -0.05) is 24.3 Å². The fourth-order valence-corrected chi connectivity index (χ4v) is 3.10. The van der Waals surface area contributed by atoms with Crippen LogP contribution in [0.15, 0.2) is 36.4 Å². The molecule has 132 valence electrons. The maximum absolute atomic E-state index is 12.1. The van der Waals surface area contributed by atoms with Crippen LogP contribution in [0.3, 0.4) is 0 Å². The Morgan fingerprint density at radius 2 is 2.04 bits per heavy atom. The van der Waals surface area contributed by atoms with E-state index in [0.717, 1.165) is 35.5 Å². The van der Waals surface area contributed by atoms with Gasteiger partial charge in [-0.25, -0.2) is 0 Å². The molecule has 25 heavy (non-hydrogen) atoms. The Labute approximate surface area is 149 Å². The van der Waals surface area contributed by atoms with Crippen LogP contribution in [-0.2, 0) is 17.8 Å². The minimum absolute atomic E-state index is 0.0392. The van der Waals surface area contributed by atoms with Crippen LogP contribution in [0.4, 0.5) is 5.69 Å². The molecule has 1 heterocycles. The van der Waals surface area contributed by atoms with Crippen LogP contribution in [0.1, 0.15) is 35.6 Å². The number of ether oxygens (including phenoxy) is 1. The van der Waals surface area contributed by atoms with Gasteiger partial charge in [-0.3, -0.25) is 4.79 Å². The summed E-state index contributed by atoms with van der Waals surface area (Å²) < 4.78 is 5.72. The second kappa shape index (κ2) is 7.70. The van der Waals surface area contributed by atoms with Crippen molar-refractivity contribution in [3.63, 3.8) is 0 Å². The highest BCUT2D eigenvalue weighted by molar-refractivity contribution is 5.91. The summed E-state index contributed by atoms with van der Waals surface area (Å²) >= 11 is 0. The van der Waals surface area contributed by atoms with E-state index in [1.54, 1.807) is 0 Å². The molecule has 0 spiro atoms. The number of hydrogen-bond donors (Lipinski definition) is 2. The van der Waals surface area contributed by atoms with Gasteiger partial charge < -0.3 is 15.4 Å². The van der Waals surface area contributed by atoms with Gasteiger partial charge >= 0.3 is 0 Å². The Bertz CT molecular complexity index is 770. The quantitative estimate of drug-likeness (QED) is 0.789. The number of fused-ring (bicyclic) bond motifs is 1. The first-order valence-electron chi connectivity index (χ1n) is 8.87. The van der Waals surface area contributed by atoms with Crippen LogP contribution in [-0.4, -0.2) is 18.6 Å². The molecule has 3 rings (SSSR count). The average Bonchev–Trinajstić information content (AvgIpc) is 2.94. The highest BCUT2D eigenvalue weighted by Crippen LogP contribution is 2.29. The van der Waals surface area contributed by atoms with Gasteiger partial charge in [0.05, 0.1) is 0 Å². The Morgan fingerprint density at radius 3 is 2.88 bits per heavy atom. The largest absolute Gasteiger partial charge is 0.490 e. The van der Waals surface area contributed by atoms with Crippen molar-refractivity contribution >= 4 is 11.6 Å². The Morgan fingerprint density at radius 1 is 1.20 bits per heavy atom. The maximum Gasteiger partial charge on any atom is 0.225 e. The number of hydrogen-bond acceptors (Lipinski definition) is 3. The first kappa shape index (κ1) is 17.5. The molecule has 0 fully saturated rings. The number of nitrogens with one attached hydrogen (secondary N) is 2. The van der Waals surface area contributed by atoms with E-state index in [4.69, 9.17) is 4.74 Å². The number of anilines is 1. The summed E-state index contributed by atoms with van der Waals surface area (Å²) in [6.45, 7) is 7.54. The highest BCUT2D eigenvalue weighted by atomic mass is 16.5. The van der Waals surface area contributed by atoms with E-state index in [1.807, 2.05) is 32.0 Å². The third-order valence-electron chi connectivity index (χ3n) is 4.49. The third-order valence-corrected chi connectivity index (χ3v) is 4.49. The number of carbonyl (C=O) groups is 1. The zero-order valence-electron chi connectivity index (χ0n) is 15.2. The van der Waals surface area contributed by atoms with Crippen LogP contribution >= 0.6 is 0 Å². The lowest BCUT2D eigenvalue weighted by molar-refractivity contribution is -0.116. The molecule has 0 saturated carbocycles. The molecular weight excluding hydrogens is 312 g/mol. The maximum atomic E-state index is 12.1. The monoisotopic (exact) mass is 338 g/mol. The molecule has 0 unspecified atom stereocenters. The fourth-order valence-electron chi connectivity index (χ4n) is 3.10. The third kappa shape index (κ3) is 4.60. The second-order valence-electron chi connectivity index (χ2n) is 6.87. The van der Waals surface area contributed by atoms with E-state index in [1.165, 1.54) is 11.1 Å². The van der Waals surface area contributed by atoms with Crippen LogP contribution in [0.2, 0.25) is 0 Å². The van der Waals surface area contributed by atoms with Crippen LogP contribution in [0.25, 0.3) is 0 Å². The number of rotatable bonds is 6. The molecule has 2 aromatic rings. The van der Waals surface area contributed by atoms with Crippen molar-refractivity contribution in [2.24, 2.45) is 0 Å². The zero-order valence-corrected chi connectivity index (χ0v) is 15.2. The summed E-state index contributed by atoms with van der Waals surface area (Å²) in [7, 11) is 0. The fraction of sp³-hybridized carbons (Fsp3) is 0.381. The molecule has 1 atom stereocenters. The molecule has 1 amide bonds. The van der Waals surface area contributed by atoms with Crippen molar-refractivity contribution in [3.8, 4) is 5.75 Å². The van der Waals surface area contributed by atoms with E-state index in [2.05, 4.69) is 35.8 Å². The lowest BCUT2D eigenvalue weighted by Gasteiger charge is -2.10. The lowest BCUT2D eigenvalue weighted by atomic mass is 10.1. The molecule has 1 aliphatic rings. The van der Waals surface area contributed by atoms with Gasteiger partial charge in [0, 0.05) is 31.6 Å². The molecule has 0 aromatic heterocycles. The predicted molar refractivity (Wildman–Crippen MR) is 101 cm³/mol. The summed E-state index contributed by atoms with van der Waals surface area (Å²) in [5.74, 6) is 1.04. The van der Waals surface area contributed by atoms with Gasteiger partial charge in [-0.2, -0.15) is 0 Å². The predicted octanol–water partition coefficient (Wildman–Crippen LogP) is 3.75. The normalized spacial score (nSPS) is 15.6. The standard InChI is InChI=1S/C21H26N2O2/c1-14-4-5-15(2)19(10-14)23-21(24)8-9-22-13-17-6-7-20-18(12-17)11-16(3)25-20/h4-7,10,12,16,22H,8-9,11,13H2,1-3H3,(H,23,24)/t16-/m0/s1. The molecule has 0 bridgehead atoms. The van der Waals surface area contributed by atoms with Gasteiger partial charge in [0.1, 0.15) is 11.9 Å². The Kier molecular flexibility index (Phi) is 5.39. The first-order valence-corrected chi connectivity index (χ1v) is 8.87.